The Bertz CT molecular complexity index is 711. The van der Waals surface area contributed by atoms with Crippen LogP contribution in [0, 0.1) is 0 Å². The molecule has 0 fully saturated rings. The second kappa shape index (κ2) is 4.89. The topological polar surface area (TPSA) is 67.7 Å². The SMILES string of the molecule is NC=CC1=NCC(c2cnc3ccc(Br)cn23)=CN1. The van der Waals surface area contributed by atoms with Gasteiger partial charge in [-0.05, 0) is 40.3 Å². The van der Waals surface area contributed by atoms with Crippen molar-refractivity contribution in [1.29, 1.82) is 0 Å². The fourth-order valence-corrected chi connectivity index (χ4v) is 2.30. The molecule has 1 aliphatic rings. The predicted molar refractivity (Wildman–Crippen MR) is 79.6 cm³/mol. The number of aliphatic imine (C=N–C) groups is 1. The largest absolute Gasteiger partial charge is 0.404 e. The number of nitrogens with one attached hydrogen (secondary N) is 1. The van der Waals surface area contributed by atoms with Gasteiger partial charge in [-0.15, -0.1) is 0 Å². The molecule has 3 N–H and O–H groups in total. The molecule has 0 amide bonds. The third-order valence-corrected chi connectivity index (χ3v) is 3.34. The van der Waals surface area contributed by atoms with E-state index in [2.05, 4.69) is 31.2 Å². The van der Waals surface area contributed by atoms with Gasteiger partial charge in [-0.3, -0.25) is 9.39 Å². The van der Waals surface area contributed by atoms with Gasteiger partial charge in [-0.25, -0.2) is 4.98 Å². The summed E-state index contributed by atoms with van der Waals surface area (Å²) in [5.41, 5.74) is 8.36. The molecule has 0 spiro atoms. The zero-order valence-electron chi connectivity index (χ0n) is 10.0. The molecule has 3 heterocycles. The van der Waals surface area contributed by atoms with Crippen LogP contribution in [0.1, 0.15) is 5.69 Å². The Balaban J connectivity index is 1.96. The van der Waals surface area contributed by atoms with Crippen LogP contribution in [0.5, 0.6) is 0 Å². The number of halogens is 1. The lowest BCUT2D eigenvalue weighted by Crippen LogP contribution is -2.21. The lowest BCUT2D eigenvalue weighted by atomic mass is 10.2. The summed E-state index contributed by atoms with van der Waals surface area (Å²) >= 11 is 3.47. The number of nitrogens with zero attached hydrogens (tertiary/aromatic N) is 3. The van der Waals surface area contributed by atoms with Crippen LogP contribution in [0.3, 0.4) is 0 Å². The zero-order valence-corrected chi connectivity index (χ0v) is 11.6. The quantitative estimate of drug-likeness (QED) is 0.889. The van der Waals surface area contributed by atoms with Crippen LogP contribution < -0.4 is 11.1 Å². The Morgan fingerprint density at radius 2 is 2.32 bits per heavy atom. The highest BCUT2D eigenvalue weighted by Gasteiger charge is 2.11. The molecular weight excluding hydrogens is 306 g/mol. The van der Waals surface area contributed by atoms with Gasteiger partial charge in [0.05, 0.1) is 18.4 Å². The van der Waals surface area contributed by atoms with E-state index >= 15 is 0 Å². The third kappa shape index (κ3) is 2.26. The van der Waals surface area contributed by atoms with Gasteiger partial charge in [-0.2, -0.15) is 0 Å². The van der Waals surface area contributed by atoms with Crippen molar-refractivity contribution in [3.8, 4) is 0 Å². The molecule has 3 rings (SSSR count). The Hall–Kier alpha value is -2.08. The Kier molecular flexibility index (Phi) is 3.08. The first kappa shape index (κ1) is 12.0. The minimum Gasteiger partial charge on any atom is -0.404 e. The molecule has 19 heavy (non-hydrogen) atoms. The fourth-order valence-electron chi connectivity index (χ4n) is 1.96. The van der Waals surface area contributed by atoms with Crippen LogP contribution in [0.4, 0.5) is 0 Å². The van der Waals surface area contributed by atoms with Gasteiger partial charge in [0, 0.05) is 22.4 Å². The molecule has 0 bridgehead atoms. The number of rotatable bonds is 2. The summed E-state index contributed by atoms with van der Waals surface area (Å²) in [5, 5.41) is 3.11. The average molecular weight is 318 g/mol. The number of amidine groups is 1. The van der Waals surface area contributed by atoms with Crippen LogP contribution in [-0.4, -0.2) is 21.8 Å². The highest BCUT2D eigenvalue weighted by Crippen LogP contribution is 2.20. The lowest BCUT2D eigenvalue weighted by molar-refractivity contribution is 1.07. The number of hydrogen-bond acceptors (Lipinski definition) is 4. The van der Waals surface area contributed by atoms with Gasteiger partial charge in [-0.1, -0.05) is 0 Å². The normalized spacial score (nSPS) is 15.4. The van der Waals surface area contributed by atoms with E-state index < -0.39 is 0 Å². The van der Waals surface area contributed by atoms with Crippen LogP contribution in [0.2, 0.25) is 0 Å². The van der Waals surface area contributed by atoms with E-state index in [9.17, 15) is 0 Å². The van der Waals surface area contributed by atoms with E-state index in [1.165, 1.54) is 6.20 Å². The van der Waals surface area contributed by atoms with Crippen LogP contribution in [-0.2, 0) is 0 Å². The number of aromatic nitrogens is 2. The molecule has 5 nitrogen and oxygen atoms in total. The number of fused-ring (bicyclic) bond motifs is 1. The molecule has 0 aromatic carbocycles. The first-order valence-corrected chi connectivity index (χ1v) is 6.58. The summed E-state index contributed by atoms with van der Waals surface area (Å²) in [6.45, 7) is 0.604. The van der Waals surface area contributed by atoms with Gasteiger partial charge < -0.3 is 11.1 Å². The van der Waals surface area contributed by atoms with E-state index in [0.717, 1.165) is 27.2 Å². The first-order chi connectivity index (χ1) is 9.28. The van der Waals surface area contributed by atoms with Crippen molar-refractivity contribution in [2.24, 2.45) is 10.7 Å². The van der Waals surface area contributed by atoms with E-state index in [-0.39, 0.29) is 0 Å². The van der Waals surface area contributed by atoms with Crippen molar-refractivity contribution >= 4 is 33.0 Å². The molecule has 0 atom stereocenters. The standard InChI is InChI=1S/C13H12BrN5/c14-10-1-2-13-18-7-11(19(13)8-10)9-5-16-12(3-4-15)17-6-9/h1-5,7-8H,6,15H2,(H,16,17). The first-order valence-electron chi connectivity index (χ1n) is 5.79. The van der Waals surface area contributed by atoms with Crippen LogP contribution in [0.25, 0.3) is 11.2 Å². The van der Waals surface area contributed by atoms with E-state index in [1.807, 2.05) is 35.1 Å². The van der Waals surface area contributed by atoms with E-state index in [4.69, 9.17) is 5.73 Å². The maximum atomic E-state index is 5.34. The fraction of sp³-hybridized carbons (Fsp3) is 0.0769. The van der Waals surface area contributed by atoms with Crippen molar-refractivity contribution in [3.63, 3.8) is 0 Å². The minimum atomic E-state index is 0.604. The molecule has 1 aliphatic heterocycles. The average Bonchev–Trinajstić information content (AvgIpc) is 2.83. The van der Waals surface area contributed by atoms with E-state index in [0.29, 0.717) is 6.54 Å². The third-order valence-electron chi connectivity index (χ3n) is 2.87. The van der Waals surface area contributed by atoms with Crippen molar-refractivity contribution in [2.75, 3.05) is 6.54 Å². The number of pyridine rings is 1. The molecule has 0 saturated heterocycles. The number of imidazole rings is 1. The summed E-state index contributed by atoms with van der Waals surface area (Å²) < 4.78 is 3.05. The van der Waals surface area contributed by atoms with Crippen molar-refractivity contribution in [1.82, 2.24) is 14.7 Å². The van der Waals surface area contributed by atoms with Gasteiger partial charge in [0.2, 0.25) is 0 Å². The molecule has 0 saturated carbocycles. The molecule has 0 radical (unpaired) electrons. The smallest absolute Gasteiger partial charge is 0.137 e. The highest BCUT2D eigenvalue weighted by molar-refractivity contribution is 9.10. The zero-order chi connectivity index (χ0) is 13.2. The van der Waals surface area contributed by atoms with Crippen molar-refractivity contribution in [3.05, 3.63) is 53.2 Å². The van der Waals surface area contributed by atoms with Gasteiger partial charge >= 0.3 is 0 Å². The molecule has 96 valence electrons. The van der Waals surface area contributed by atoms with Crippen molar-refractivity contribution in [2.45, 2.75) is 0 Å². The lowest BCUT2D eigenvalue weighted by Gasteiger charge is -2.12. The molecule has 2 aromatic rings. The Morgan fingerprint density at radius 1 is 1.42 bits per heavy atom. The van der Waals surface area contributed by atoms with E-state index in [1.54, 1.807) is 6.08 Å². The van der Waals surface area contributed by atoms with Crippen molar-refractivity contribution < 1.29 is 0 Å². The van der Waals surface area contributed by atoms with Gasteiger partial charge in [0.25, 0.3) is 0 Å². The molecule has 0 unspecified atom stereocenters. The summed E-state index contributed by atoms with van der Waals surface area (Å²) in [6, 6.07) is 3.94. The highest BCUT2D eigenvalue weighted by atomic mass is 79.9. The summed E-state index contributed by atoms with van der Waals surface area (Å²) in [6.07, 6.45) is 8.99. The maximum absolute atomic E-state index is 5.34. The van der Waals surface area contributed by atoms with Gasteiger partial charge in [0.1, 0.15) is 11.5 Å². The van der Waals surface area contributed by atoms with Gasteiger partial charge in [0.15, 0.2) is 0 Å². The van der Waals surface area contributed by atoms with Crippen LogP contribution >= 0.6 is 15.9 Å². The summed E-state index contributed by atoms with van der Waals surface area (Å²) in [5.74, 6) is 0.765. The Labute approximate surface area is 118 Å². The molecule has 6 heteroatoms. The second-order valence-electron chi connectivity index (χ2n) is 4.09. The number of nitrogens with two attached hydrogens (primary N) is 1. The monoisotopic (exact) mass is 317 g/mol. The van der Waals surface area contributed by atoms with Crippen LogP contribution in [0.15, 0.2) is 52.5 Å². The summed E-state index contributed by atoms with van der Waals surface area (Å²) in [4.78, 5) is 8.78. The second-order valence-corrected chi connectivity index (χ2v) is 5.01. The minimum absolute atomic E-state index is 0.604. The Morgan fingerprint density at radius 3 is 3.05 bits per heavy atom. The predicted octanol–water partition coefficient (Wildman–Crippen LogP) is 1.91. The summed E-state index contributed by atoms with van der Waals surface area (Å²) in [7, 11) is 0. The number of hydrogen-bond donors (Lipinski definition) is 2. The maximum Gasteiger partial charge on any atom is 0.137 e. The molecule has 0 aliphatic carbocycles. The molecular formula is C13H12BrN5. The molecule has 2 aromatic heterocycles.